The van der Waals surface area contributed by atoms with E-state index in [2.05, 4.69) is 5.32 Å². The number of hydrogen-bond acceptors (Lipinski definition) is 3. The number of carbonyl (C=O) groups is 1. The van der Waals surface area contributed by atoms with Crippen molar-refractivity contribution in [2.45, 2.75) is 26.1 Å². The summed E-state index contributed by atoms with van der Waals surface area (Å²) < 4.78 is 41.1. The van der Waals surface area contributed by atoms with E-state index in [1.807, 2.05) is 13.8 Å². The molecule has 1 aromatic rings. The molecule has 0 radical (unpaired) electrons. The zero-order chi connectivity index (χ0) is 15.2. The van der Waals surface area contributed by atoms with E-state index in [1.54, 1.807) is 29.6 Å². The summed E-state index contributed by atoms with van der Waals surface area (Å²) >= 11 is 0. The Morgan fingerprint density at radius 1 is 1.25 bits per heavy atom. The third kappa shape index (κ3) is 6.86. The molecule has 0 aliphatic rings. The highest BCUT2D eigenvalue weighted by molar-refractivity contribution is 5.80. The number of halogens is 3. The maximum atomic E-state index is 11.9. The summed E-state index contributed by atoms with van der Waals surface area (Å²) in [7, 11) is 0. The van der Waals surface area contributed by atoms with Crippen molar-refractivity contribution >= 4 is 11.6 Å². The molecule has 0 saturated carbocycles. The Balaban J connectivity index is 2.36. The first-order chi connectivity index (χ1) is 9.26. The van der Waals surface area contributed by atoms with Crippen LogP contribution in [0, 0.1) is 0 Å². The molecule has 0 aliphatic heterocycles. The van der Waals surface area contributed by atoms with Gasteiger partial charge in [0.1, 0.15) is 12.3 Å². The lowest BCUT2D eigenvalue weighted by molar-refractivity contribution is -0.137. The molecule has 0 saturated heterocycles. The van der Waals surface area contributed by atoms with Crippen molar-refractivity contribution in [3.8, 4) is 5.75 Å². The molecule has 0 aliphatic carbocycles. The van der Waals surface area contributed by atoms with E-state index in [-0.39, 0.29) is 12.6 Å². The van der Waals surface area contributed by atoms with E-state index in [9.17, 15) is 18.0 Å². The van der Waals surface area contributed by atoms with Crippen LogP contribution in [0.1, 0.15) is 13.8 Å². The summed E-state index contributed by atoms with van der Waals surface area (Å²) in [5.41, 5.74) is 0.628. The third-order valence-corrected chi connectivity index (χ3v) is 2.17. The molecule has 0 atom stereocenters. The molecule has 112 valence electrons. The molecule has 1 amide bonds. The van der Waals surface area contributed by atoms with Crippen molar-refractivity contribution in [2.75, 3.05) is 18.4 Å². The van der Waals surface area contributed by atoms with Gasteiger partial charge in [-0.05, 0) is 38.1 Å². The first-order valence-electron chi connectivity index (χ1n) is 6.10. The van der Waals surface area contributed by atoms with Crippen LogP contribution in [0.2, 0.25) is 0 Å². The molecule has 0 aromatic heterocycles. The summed E-state index contributed by atoms with van der Waals surface area (Å²) in [6.07, 6.45) is -4.34. The Bertz CT molecular complexity index is 430. The summed E-state index contributed by atoms with van der Waals surface area (Å²) in [5, 5.41) is 4.51. The standard InChI is InChI=1S/C13H17F3N2O2/c1-9(2)20-11-5-3-10(4-6-11)17-7-12(19)18-8-13(14,15)16/h3-6,9,17H,7-8H2,1-2H3,(H,18,19). The lowest BCUT2D eigenvalue weighted by Gasteiger charge is -2.11. The van der Waals surface area contributed by atoms with Crippen LogP contribution in [-0.4, -0.2) is 31.3 Å². The highest BCUT2D eigenvalue weighted by Crippen LogP contribution is 2.16. The van der Waals surface area contributed by atoms with Crippen molar-refractivity contribution in [3.63, 3.8) is 0 Å². The minimum absolute atomic E-state index is 0.0574. The summed E-state index contributed by atoms with van der Waals surface area (Å²) in [5.74, 6) is -0.0306. The van der Waals surface area contributed by atoms with Gasteiger partial charge in [-0.25, -0.2) is 0 Å². The second-order valence-corrected chi connectivity index (χ2v) is 4.44. The molecule has 0 heterocycles. The van der Waals surface area contributed by atoms with Gasteiger partial charge in [-0.2, -0.15) is 13.2 Å². The number of alkyl halides is 3. The van der Waals surface area contributed by atoms with Gasteiger partial charge in [-0.15, -0.1) is 0 Å². The normalized spacial score (nSPS) is 11.3. The fourth-order valence-electron chi connectivity index (χ4n) is 1.37. The number of rotatable bonds is 6. The second-order valence-electron chi connectivity index (χ2n) is 4.44. The summed E-state index contributed by atoms with van der Waals surface area (Å²) in [6, 6.07) is 6.81. The molecule has 0 fully saturated rings. The van der Waals surface area contributed by atoms with Gasteiger partial charge in [0.2, 0.25) is 5.91 Å². The van der Waals surface area contributed by atoms with Crippen molar-refractivity contribution in [3.05, 3.63) is 24.3 Å². The molecular formula is C13H17F3N2O2. The number of carbonyl (C=O) groups excluding carboxylic acids is 1. The van der Waals surface area contributed by atoms with Crippen LogP contribution in [-0.2, 0) is 4.79 Å². The fraction of sp³-hybridized carbons (Fsp3) is 0.462. The minimum atomic E-state index is -4.40. The molecular weight excluding hydrogens is 273 g/mol. The SMILES string of the molecule is CC(C)Oc1ccc(NCC(=O)NCC(F)(F)F)cc1. The van der Waals surface area contributed by atoms with Crippen molar-refractivity contribution in [2.24, 2.45) is 0 Å². The minimum Gasteiger partial charge on any atom is -0.491 e. The van der Waals surface area contributed by atoms with E-state index in [0.717, 1.165) is 0 Å². The highest BCUT2D eigenvalue weighted by atomic mass is 19.4. The third-order valence-electron chi connectivity index (χ3n) is 2.17. The van der Waals surface area contributed by atoms with E-state index in [4.69, 9.17) is 4.74 Å². The van der Waals surface area contributed by atoms with Crippen LogP contribution in [0.5, 0.6) is 5.75 Å². The zero-order valence-corrected chi connectivity index (χ0v) is 11.3. The van der Waals surface area contributed by atoms with Gasteiger partial charge < -0.3 is 15.4 Å². The van der Waals surface area contributed by atoms with Gasteiger partial charge in [0.25, 0.3) is 0 Å². The molecule has 4 nitrogen and oxygen atoms in total. The smallest absolute Gasteiger partial charge is 0.405 e. The van der Waals surface area contributed by atoms with Crippen LogP contribution >= 0.6 is 0 Å². The lowest BCUT2D eigenvalue weighted by atomic mass is 10.3. The Labute approximate surface area is 115 Å². The maximum absolute atomic E-state index is 11.9. The van der Waals surface area contributed by atoms with Gasteiger partial charge in [0.05, 0.1) is 12.6 Å². The first kappa shape index (κ1) is 16.1. The molecule has 0 bridgehead atoms. The number of ether oxygens (including phenoxy) is 1. The number of benzene rings is 1. The molecule has 2 N–H and O–H groups in total. The van der Waals surface area contributed by atoms with E-state index < -0.39 is 18.6 Å². The maximum Gasteiger partial charge on any atom is 0.405 e. The highest BCUT2D eigenvalue weighted by Gasteiger charge is 2.27. The van der Waals surface area contributed by atoms with Crippen LogP contribution < -0.4 is 15.4 Å². The Hall–Kier alpha value is -1.92. The van der Waals surface area contributed by atoms with Crippen LogP contribution in [0.3, 0.4) is 0 Å². The van der Waals surface area contributed by atoms with E-state index in [0.29, 0.717) is 11.4 Å². The number of anilines is 1. The van der Waals surface area contributed by atoms with Gasteiger partial charge in [0.15, 0.2) is 0 Å². The predicted molar refractivity (Wildman–Crippen MR) is 69.8 cm³/mol. The fourth-order valence-corrected chi connectivity index (χ4v) is 1.37. The molecule has 1 aromatic carbocycles. The van der Waals surface area contributed by atoms with Gasteiger partial charge in [-0.1, -0.05) is 0 Å². The molecule has 1 rings (SSSR count). The van der Waals surface area contributed by atoms with E-state index >= 15 is 0 Å². The molecule has 0 spiro atoms. The number of amides is 1. The van der Waals surface area contributed by atoms with Crippen molar-refractivity contribution in [1.29, 1.82) is 0 Å². The molecule has 7 heteroatoms. The Morgan fingerprint density at radius 3 is 2.35 bits per heavy atom. The summed E-state index contributed by atoms with van der Waals surface area (Å²) in [6.45, 7) is 2.25. The molecule has 20 heavy (non-hydrogen) atoms. The quantitative estimate of drug-likeness (QED) is 0.846. The zero-order valence-electron chi connectivity index (χ0n) is 11.3. The number of hydrogen-bond donors (Lipinski definition) is 2. The van der Waals surface area contributed by atoms with Gasteiger partial charge >= 0.3 is 6.18 Å². The Kier molecular flexibility index (Phi) is 5.66. The largest absolute Gasteiger partial charge is 0.491 e. The monoisotopic (exact) mass is 290 g/mol. The van der Waals surface area contributed by atoms with Gasteiger partial charge in [0, 0.05) is 5.69 Å². The topological polar surface area (TPSA) is 50.4 Å². The van der Waals surface area contributed by atoms with Crippen LogP contribution in [0.4, 0.5) is 18.9 Å². The average molecular weight is 290 g/mol. The van der Waals surface area contributed by atoms with Crippen molar-refractivity contribution < 1.29 is 22.7 Å². The van der Waals surface area contributed by atoms with E-state index in [1.165, 1.54) is 0 Å². The van der Waals surface area contributed by atoms with Gasteiger partial charge in [-0.3, -0.25) is 4.79 Å². The number of nitrogens with one attached hydrogen (secondary N) is 2. The first-order valence-corrected chi connectivity index (χ1v) is 6.10. The predicted octanol–water partition coefficient (Wildman–Crippen LogP) is 2.56. The Morgan fingerprint density at radius 2 is 1.85 bits per heavy atom. The van der Waals surface area contributed by atoms with Crippen molar-refractivity contribution in [1.82, 2.24) is 5.32 Å². The average Bonchev–Trinajstić information content (AvgIpc) is 2.34. The van der Waals surface area contributed by atoms with Crippen LogP contribution in [0.15, 0.2) is 24.3 Å². The second kappa shape index (κ2) is 7.02. The van der Waals surface area contributed by atoms with Crippen LogP contribution in [0.25, 0.3) is 0 Å². The summed E-state index contributed by atoms with van der Waals surface area (Å²) in [4.78, 5) is 11.2. The lowest BCUT2D eigenvalue weighted by Crippen LogP contribution is -2.37. The molecule has 0 unspecified atom stereocenters.